The van der Waals surface area contributed by atoms with Crippen LogP contribution in [0.1, 0.15) is 11.1 Å². The summed E-state index contributed by atoms with van der Waals surface area (Å²) in [5.41, 5.74) is 3.09. The van der Waals surface area contributed by atoms with Crippen LogP contribution in [0.2, 0.25) is 0 Å². The summed E-state index contributed by atoms with van der Waals surface area (Å²) in [5, 5.41) is 2.93. The maximum absolute atomic E-state index is 12.6. The summed E-state index contributed by atoms with van der Waals surface area (Å²) in [6.07, 6.45) is 1.72. The predicted molar refractivity (Wildman–Crippen MR) is 91.8 cm³/mol. The SMILES string of the molecule is CN(C)c1ccc(C[S+](C)(=O)C#Cc2ccccc2)cc1. The van der Waals surface area contributed by atoms with E-state index in [1.54, 1.807) is 6.26 Å². The normalized spacial score (nSPS) is 12.9. The van der Waals surface area contributed by atoms with E-state index in [0.717, 1.165) is 16.8 Å². The minimum atomic E-state index is -2.19. The van der Waals surface area contributed by atoms with Crippen LogP contribution >= 0.6 is 0 Å². The third-order valence-corrected chi connectivity index (χ3v) is 4.50. The minimum Gasteiger partial charge on any atom is -0.378 e. The van der Waals surface area contributed by atoms with Crippen LogP contribution in [0.15, 0.2) is 54.6 Å². The van der Waals surface area contributed by atoms with E-state index in [1.165, 1.54) is 0 Å². The zero-order valence-corrected chi connectivity index (χ0v) is 13.5. The zero-order chi connectivity index (χ0) is 15.3. The molecule has 21 heavy (non-hydrogen) atoms. The van der Waals surface area contributed by atoms with Crippen molar-refractivity contribution in [1.82, 2.24) is 0 Å². The number of nitrogens with zero attached hydrogens (tertiary/aromatic N) is 1. The maximum atomic E-state index is 12.6. The molecule has 0 aromatic heterocycles. The first-order chi connectivity index (χ1) is 9.96. The van der Waals surface area contributed by atoms with E-state index in [2.05, 4.69) is 11.2 Å². The molecular formula is C18H20NOS+. The molecule has 0 saturated carbocycles. The summed E-state index contributed by atoms with van der Waals surface area (Å²) < 4.78 is 12.6. The van der Waals surface area contributed by atoms with Crippen LogP contribution in [0.4, 0.5) is 5.69 Å². The van der Waals surface area contributed by atoms with Crippen molar-refractivity contribution in [2.75, 3.05) is 25.3 Å². The van der Waals surface area contributed by atoms with Gasteiger partial charge >= 0.3 is 0 Å². The number of hydrogen-bond acceptors (Lipinski definition) is 2. The van der Waals surface area contributed by atoms with Gasteiger partial charge in [0.05, 0.1) is 0 Å². The average Bonchev–Trinajstić information content (AvgIpc) is 2.46. The van der Waals surface area contributed by atoms with Crippen molar-refractivity contribution in [2.45, 2.75) is 5.75 Å². The quantitative estimate of drug-likeness (QED) is 0.639. The molecule has 0 radical (unpaired) electrons. The Bertz CT molecular complexity index is 693. The highest BCUT2D eigenvalue weighted by Crippen LogP contribution is 2.16. The number of anilines is 1. The van der Waals surface area contributed by atoms with Crippen LogP contribution in [0.5, 0.6) is 0 Å². The van der Waals surface area contributed by atoms with Crippen LogP contribution in [-0.2, 0) is 19.9 Å². The monoisotopic (exact) mass is 298 g/mol. The highest BCUT2D eigenvalue weighted by atomic mass is 32.2. The van der Waals surface area contributed by atoms with Gasteiger partial charge in [-0.2, -0.15) is 0 Å². The van der Waals surface area contributed by atoms with E-state index in [-0.39, 0.29) is 0 Å². The summed E-state index contributed by atoms with van der Waals surface area (Å²) in [6.45, 7) is 0. The Morgan fingerprint density at radius 3 is 2.19 bits per heavy atom. The fourth-order valence-corrected chi connectivity index (χ4v) is 3.17. The van der Waals surface area contributed by atoms with Crippen LogP contribution in [-0.4, -0.2) is 20.4 Å². The summed E-state index contributed by atoms with van der Waals surface area (Å²) in [4.78, 5) is 2.04. The molecule has 2 rings (SSSR count). The second-order valence-corrected chi connectivity index (χ2v) is 7.81. The van der Waals surface area contributed by atoms with E-state index in [9.17, 15) is 4.21 Å². The Morgan fingerprint density at radius 2 is 1.62 bits per heavy atom. The molecule has 0 fully saturated rings. The van der Waals surface area contributed by atoms with Crippen molar-refractivity contribution in [3.8, 4) is 11.2 Å². The van der Waals surface area contributed by atoms with Gasteiger partial charge in [0.15, 0.2) is 15.2 Å². The molecule has 0 aliphatic heterocycles. The lowest BCUT2D eigenvalue weighted by Crippen LogP contribution is -2.10. The molecule has 0 N–H and O–H groups in total. The van der Waals surface area contributed by atoms with E-state index in [0.29, 0.717) is 5.75 Å². The molecule has 0 aliphatic rings. The molecule has 0 amide bonds. The summed E-state index contributed by atoms with van der Waals surface area (Å²) in [5.74, 6) is 3.49. The third-order valence-electron chi connectivity index (χ3n) is 3.08. The smallest absolute Gasteiger partial charge is 0.162 e. The van der Waals surface area contributed by atoms with Crippen LogP contribution in [0, 0.1) is 11.2 Å². The molecular weight excluding hydrogens is 278 g/mol. The molecule has 2 aromatic carbocycles. The maximum Gasteiger partial charge on any atom is 0.162 e. The van der Waals surface area contributed by atoms with Crippen molar-refractivity contribution >= 4 is 15.6 Å². The second-order valence-electron chi connectivity index (χ2n) is 5.30. The van der Waals surface area contributed by atoms with Gasteiger partial charge in [0.2, 0.25) is 0 Å². The standard InChI is InChI=1S/C18H20NOS/c1-19(2)18-11-9-17(10-12-18)15-21(3,20)14-13-16-7-5-4-6-8-16/h4-12H,15H2,1-3H3/q+1. The first-order valence-electron chi connectivity index (χ1n) is 6.77. The molecule has 0 bridgehead atoms. The lowest BCUT2D eigenvalue weighted by atomic mass is 10.2. The molecule has 0 spiro atoms. The van der Waals surface area contributed by atoms with E-state index in [1.807, 2.05) is 73.6 Å². The predicted octanol–water partition coefficient (Wildman–Crippen LogP) is 3.39. The van der Waals surface area contributed by atoms with E-state index in [4.69, 9.17) is 0 Å². The lowest BCUT2D eigenvalue weighted by molar-refractivity contribution is 0.593. The van der Waals surface area contributed by atoms with Gasteiger partial charge in [-0.3, -0.25) is 0 Å². The van der Waals surface area contributed by atoms with E-state index < -0.39 is 9.93 Å². The second kappa shape index (κ2) is 6.60. The minimum absolute atomic E-state index is 0.487. The number of hydrogen-bond donors (Lipinski definition) is 0. The fourth-order valence-electron chi connectivity index (χ4n) is 1.93. The molecule has 1 atom stereocenters. The van der Waals surface area contributed by atoms with Gasteiger partial charge in [0.1, 0.15) is 12.0 Å². The first kappa shape index (κ1) is 15.3. The molecule has 0 aliphatic carbocycles. The Labute approximate surface area is 128 Å². The summed E-state index contributed by atoms with van der Waals surface area (Å²) >= 11 is 0. The Hall–Kier alpha value is -2.05. The molecule has 3 heteroatoms. The molecule has 108 valence electrons. The number of rotatable bonds is 3. The molecule has 2 nitrogen and oxygen atoms in total. The molecule has 2 aromatic rings. The lowest BCUT2D eigenvalue weighted by Gasteiger charge is -2.12. The molecule has 0 heterocycles. The average molecular weight is 298 g/mol. The van der Waals surface area contributed by atoms with Crippen LogP contribution in [0.3, 0.4) is 0 Å². The summed E-state index contributed by atoms with van der Waals surface area (Å²) in [7, 11) is 1.82. The largest absolute Gasteiger partial charge is 0.378 e. The van der Waals surface area contributed by atoms with Crippen LogP contribution < -0.4 is 4.90 Å². The van der Waals surface area contributed by atoms with Gasteiger partial charge in [-0.15, -0.1) is 0 Å². The van der Waals surface area contributed by atoms with Gasteiger partial charge in [0.25, 0.3) is 0 Å². The first-order valence-corrected chi connectivity index (χ1v) is 8.91. The Kier molecular flexibility index (Phi) is 4.82. The Balaban J connectivity index is 2.11. The van der Waals surface area contributed by atoms with Gasteiger partial charge in [-0.1, -0.05) is 34.5 Å². The number of benzene rings is 2. The third kappa shape index (κ3) is 4.77. The van der Waals surface area contributed by atoms with E-state index >= 15 is 0 Å². The molecule has 1 unspecified atom stereocenters. The summed E-state index contributed by atoms with van der Waals surface area (Å²) in [6, 6.07) is 17.8. The van der Waals surface area contributed by atoms with Gasteiger partial charge in [0, 0.05) is 30.9 Å². The van der Waals surface area contributed by atoms with Crippen molar-refractivity contribution in [2.24, 2.45) is 0 Å². The van der Waals surface area contributed by atoms with Crippen molar-refractivity contribution in [3.63, 3.8) is 0 Å². The highest BCUT2D eigenvalue weighted by molar-refractivity contribution is 8.05. The topological polar surface area (TPSA) is 20.3 Å². The van der Waals surface area contributed by atoms with Crippen LogP contribution in [0.25, 0.3) is 0 Å². The van der Waals surface area contributed by atoms with Gasteiger partial charge in [-0.05, 0) is 30.2 Å². The fraction of sp³-hybridized carbons (Fsp3) is 0.222. The van der Waals surface area contributed by atoms with Gasteiger partial charge < -0.3 is 4.90 Å². The highest BCUT2D eigenvalue weighted by Gasteiger charge is 2.19. The zero-order valence-electron chi connectivity index (χ0n) is 12.7. The van der Waals surface area contributed by atoms with Gasteiger partial charge in [-0.25, -0.2) is 0 Å². The Morgan fingerprint density at radius 1 is 1.00 bits per heavy atom. The van der Waals surface area contributed by atoms with Crippen molar-refractivity contribution in [1.29, 1.82) is 0 Å². The molecule has 0 saturated heterocycles. The van der Waals surface area contributed by atoms with Crippen molar-refractivity contribution in [3.05, 3.63) is 65.7 Å². The van der Waals surface area contributed by atoms with Crippen molar-refractivity contribution < 1.29 is 4.21 Å².